The second-order valence-corrected chi connectivity index (χ2v) is 5.00. The lowest BCUT2D eigenvalue weighted by Crippen LogP contribution is -2.02. The molecule has 106 valence electrons. The van der Waals surface area contributed by atoms with Crippen LogP contribution in [0.15, 0.2) is 48.5 Å². The largest absolute Gasteiger partial charge is 0.497 e. The Morgan fingerprint density at radius 1 is 0.850 bits per heavy atom. The molecule has 1 unspecified atom stereocenters. The van der Waals surface area contributed by atoms with Crippen molar-refractivity contribution >= 4 is 15.9 Å². The van der Waals surface area contributed by atoms with Crippen LogP contribution >= 0.6 is 15.9 Å². The van der Waals surface area contributed by atoms with Crippen LogP contribution in [0.25, 0.3) is 0 Å². The summed E-state index contributed by atoms with van der Waals surface area (Å²) in [6.45, 7) is -2.80. The van der Waals surface area contributed by atoms with E-state index in [4.69, 9.17) is 4.74 Å². The van der Waals surface area contributed by atoms with Crippen LogP contribution < -0.4 is 9.47 Å². The molecule has 0 aliphatic rings. The first kappa shape index (κ1) is 14.8. The van der Waals surface area contributed by atoms with Crippen LogP contribution in [0.2, 0.25) is 0 Å². The van der Waals surface area contributed by atoms with Crippen LogP contribution in [0, 0.1) is 0 Å². The summed E-state index contributed by atoms with van der Waals surface area (Å²) in [6.07, 6.45) is 0. The summed E-state index contributed by atoms with van der Waals surface area (Å²) in [5, 5.41) is 0. The number of rotatable bonds is 5. The quantitative estimate of drug-likeness (QED) is 0.728. The molecule has 0 saturated carbocycles. The summed E-state index contributed by atoms with van der Waals surface area (Å²) in [6, 6.07) is 14.2. The van der Waals surface area contributed by atoms with E-state index in [1.54, 1.807) is 19.2 Å². The zero-order chi connectivity index (χ0) is 14.5. The van der Waals surface area contributed by atoms with Crippen LogP contribution in [-0.4, -0.2) is 13.7 Å². The average molecular weight is 343 g/mol. The second-order valence-electron chi connectivity index (χ2n) is 4.08. The smallest absolute Gasteiger partial charge is 0.387 e. The summed E-state index contributed by atoms with van der Waals surface area (Å²) in [4.78, 5) is -0.0194. The van der Waals surface area contributed by atoms with E-state index in [1.165, 1.54) is 12.1 Å². The Balaban J connectivity index is 2.13. The predicted octanol–water partition coefficient (Wildman–Crippen LogP) is 4.78. The number of halogens is 3. The maximum absolute atomic E-state index is 12.1. The summed E-state index contributed by atoms with van der Waals surface area (Å²) < 4.78 is 33.6. The van der Waals surface area contributed by atoms with E-state index in [2.05, 4.69) is 20.7 Å². The van der Waals surface area contributed by atoms with Gasteiger partial charge in [-0.2, -0.15) is 8.78 Å². The van der Waals surface area contributed by atoms with Crippen LogP contribution in [0.1, 0.15) is 16.0 Å². The molecule has 2 aromatic rings. The molecule has 0 aliphatic carbocycles. The molecule has 0 N–H and O–H groups in total. The highest BCUT2D eigenvalue weighted by molar-refractivity contribution is 9.09. The number of hydrogen-bond acceptors (Lipinski definition) is 2. The summed E-state index contributed by atoms with van der Waals surface area (Å²) >= 11 is 3.59. The lowest BCUT2D eigenvalue weighted by atomic mass is 10.0. The second kappa shape index (κ2) is 6.70. The minimum absolute atomic E-state index is 0.0194. The first-order valence-electron chi connectivity index (χ1n) is 5.93. The summed E-state index contributed by atoms with van der Waals surface area (Å²) in [7, 11) is 1.61. The SMILES string of the molecule is COc1ccc(C(Br)c2ccc(OC(F)F)cc2)cc1. The number of benzene rings is 2. The molecular formula is C15H13BrF2O2. The fraction of sp³-hybridized carbons (Fsp3) is 0.200. The Kier molecular flexibility index (Phi) is 4.95. The minimum atomic E-state index is -2.80. The molecule has 2 nitrogen and oxygen atoms in total. The zero-order valence-electron chi connectivity index (χ0n) is 10.7. The molecule has 0 fully saturated rings. The molecule has 0 aromatic heterocycles. The molecule has 5 heteroatoms. The van der Waals surface area contributed by atoms with Gasteiger partial charge in [0.25, 0.3) is 0 Å². The Labute approximate surface area is 124 Å². The van der Waals surface area contributed by atoms with Crippen molar-refractivity contribution in [1.29, 1.82) is 0 Å². The van der Waals surface area contributed by atoms with E-state index in [0.717, 1.165) is 16.9 Å². The van der Waals surface area contributed by atoms with E-state index in [1.807, 2.05) is 24.3 Å². The van der Waals surface area contributed by atoms with Crippen LogP contribution in [-0.2, 0) is 0 Å². The molecule has 0 heterocycles. The number of methoxy groups -OCH3 is 1. The van der Waals surface area contributed by atoms with Crippen LogP contribution in [0.3, 0.4) is 0 Å². The average Bonchev–Trinajstić information content (AvgIpc) is 2.47. The van der Waals surface area contributed by atoms with Crippen molar-refractivity contribution in [3.05, 3.63) is 59.7 Å². The van der Waals surface area contributed by atoms with E-state index in [-0.39, 0.29) is 10.6 Å². The van der Waals surface area contributed by atoms with Crippen molar-refractivity contribution in [2.75, 3.05) is 7.11 Å². The lowest BCUT2D eigenvalue weighted by molar-refractivity contribution is -0.0498. The molecule has 0 aliphatic heterocycles. The van der Waals surface area contributed by atoms with Gasteiger partial charge >= 0.3 is 6.61 Å². The molecule has 0 radical (unpaired) electrons. The number of alkyl halides is 3. The van der Waals surface area contributed by atoms with Gasteiger partial charge in [-0.15, -0.1) is 0 Å². The van der Waals surface area contributed by atoms with Crippen molar-refractivity contribution in [2.45, 2.75) is 11.4 Å². The summed E-state index contributed by atoms with van der Waals surface area (Å²) in [5.41, 5.74) is 2.00. The first-order chi connectivity index (χ1) is 9.60. The van der Waals surface area contributed by atoms with Crippen molar-refractivity contribution < 1.29 is 18.3 Å². The van der Waals surface area contributed by atoms with Crippen molar-refractivity contribution in [3.8, 4) is 11.5 Å². The number of hydrogen-bond donors (Lipinski definition) is 0. The highest BCUT2D eigenvalue weighted by Crippen LogP contribution is 2.32. The van der Waals surface area contributed by atoms with Gasteiger partial charge in [-0.05, 0) is 35.4 Å². The van der Waals surface area contributed by atoms with E-state index >= 15 is 0 Å². The molecule has 1 atom stereocenters. The van der Waals surface area contributed by atoms with Crippen molar-refractivity contribution in [3.63, 3.8) is 0 Å². The van der Waals surface area contributed by atoms with Gasteiger partial charge < -0.3 is 9.47 Å². The Morgan fingerprint density at radius 2 is 1.30 bits per heavy atom. The van der Waals surface area contributed by atoms with Crippen molar-refractivity contribution in [2.24, 2.45) is 0 Å². The minimum Gasteiger partial charge on any atom is -0.497 e. The van der Waals surface area contributed by atoms with E-state index < -0.39 is 6.61 Å². The van der Waals surface area contributed by atoms with Crippen LogP contribution in [0.5, 0.6) is 11.5 Å². The highest BCUT2D eigenvalue weighted by Gasteiger charge is 2.11. The van der Waals surface area contributed by atoms with Gasteiger partial charge in [-0.1, -0.05) is 40.2 Å². The van der Waals surface area contributed by atoms with E-state index in [0.29, 0.717) is 0 Å². The Hall–Kier alpha value is -1.62. The van der Waals surface area contributed by atoms with Crippen molar-refractivity contribution in [1.82, 2.24) is 0 Å². The van der Waals surface area contributed by atoms with Gasteiger partial charge in [0.15, 0.2) is 0 Å². The van der Waals surface area contributed by atoms with Crippen LogP contribution in [0.4, 0.5) is 8.78 Å². The fourth-order valence-electron chi connectivity index (χ4n) is 1.78. The molecule has 2 aromatic carbocycles. The third kappa shape index (κ3) is 3.70. The molecule has 0 bridgehead atoms. The lowest BCUT2D eigenvalue weighted by Gasteiger charge is -2.12. The molecule has 2 rings (SSSR count). The number of ether oxygens (including phenoxy) is 2. The van der Waals surface area contributed by atoms with Gasteiger partial charge in [-0.25, -0.2) is 0 Å². The topological polar surface area (TPSA) is 18.5 Å². The summed E-state index contributed by atoms with van der Waals surface area (Å²) in [5.74, 6) is 0.937. The molecule has 20 heavy (non-hydrogen) atoms. The maximum atomic E-state index is 12.1. The van der Waals surface area contributed by atoms with Gasteiger partial charge in [0, 0.05) is 0 Å². The molecular weight excluding hydrogens is 330 g/mol. The van der Waals surface area contributed by atoms with Gasteiger partial charge in [0.05, 0.1) is 11.9 Å². The Bertz CT molecular complexity index is 541. The maximum Gasteiger partial charge on any atom is 0.387 e. The highest BCUT2D eigenvalue weighted by atomic mass is 79.9. The van der Waals surface area contributed by atoms with Gasteiger partial charge in [-0.3, -0.25) is 0 Å². The normalized spacial score (nSPS) is 12.2. The third-order valence-electron chi connectivity index (χ3n) is 2.81. The monoisotopic (exact) mass is 342 g/mol. The third-order valence-corrected chi connectivity index (χ3v) is 3.86. The van der Waals surface area contributed by atoms with Gasteiger partial charge in [0.1, 0.15) is 11.5 Å². The van der Waals surface area contributed by atoms with E-state index in [9.17, 15) is 8.78 Å². The standard InChI is InChI=1S/C15H13BrF2O2/c1-19-12-6-2-10(3-7-12)14(16)11-4-8-13(9-5-11)20-15(17)18/h2-9,14-15H,1H3. The molecule has 0 amide bonds. The Morgan fingerprint density at radius 3 is 1.70 bits per heavy atom. The predicted molar refractivity (Wildman–Crippen MR) is 76.8 cm³/mol. The fourth-order valence-corrected chi connectivity index (χ4v) is 2.39. The molecule has 0 spiro atoms. The zero-order valence-corrected chi connectivity index (χ0v) is 12.3. The van der Waals surface area contributed by atoms with Gasteiger partial charge in [0.2, 0.25) is 0 Å². The molecule has 0 saturated heterocycles. The first-order valence-corrected chi connectivity index (χ1v) is 6.84.